The maximum absolute atomic E-state index is 13.3. The fraction of sp³-hybridized carbons (Fsp3) is 0.321. The molecule has 7 nitrogen and oxygen atoms in total. The van der Waals surface area contributed by atoms with Crippen molar-refractivity contribution in [3.05, 3.63) is 89.5 Å². The smallest absolute Gasteiger partial charge is 0.240 e. The minimum atomic E-state index is -3.67. The van der Waals surface area contributed by atoms with Gasteiger partial charge in [-0.1, -0.05) is 54.1 Å². The molecule has 2 aliphatic heterocycles. The Morgan fingerprint density at radius 3 is 2.22 bits per heavy atom. The molecule has 0 aliphatic carbocycles. The van der Waals surface area contributed by atoms with E-state index in [2.05, 4.69) is 22.3 Å². The molecule has 0 radical (unpaired) electrons. The Kier molecular flexibility index (Phi) is 6.59. The van der Waals surface area contributed by atoms with Crippen molar-refractivity contribution in [2.75, 3.05) is 19.6 Å². The Hall–Kier alpha value is -3.20. The highest BCUT2D eigenvalue weighted by Gasteiger charge is 2.39. The van der Waals surface area contributed by atoms with Crippen LogP contribution in [0.25, 0.3) is 0 Å². The van der Waals surface area contributed by atoms with Crippen LogP contribution in [0.5, 0.6) is 11.5 Å². The van der Waals surface area contributed by atoms with Crippen LogP contribution in [0.2, 0.25) is 0 Å². The minimum Gasteiger partial charge on any atom is -0.457 e. The Morgan fingerprint density at radius 2 is 1.58 bits per heavy atom. The first-order chi connectivity index (χ1) is 17.3. The number of nitrogens with one attached hydrogen (secondary N) is 3. The van der Waals surface area contributed by atoms with Crippen molar-refractivity contribution in [1.82, 2.24) is 15.4 Å². The number of hydrogen-bond acceptors (Lipinski definition) is 5. The van der Waals surface area contributed by atoms with Crippen LogP contribution in [-0.2, 0) is 20.2 Å². The summed E-state index contributed by atoms with van der Waals surface area (Å²) < 4.78 is 34.6. The van der Waals surface area contributed by atoms with Crippen LogP contribution in [0.15, 0.2) is 77.7 Å². The predicted molar refractivity (Wildman–Crippen MR) is 139 cm³/mol. The average Bonchev–Trinajstić information content (AvgIpc) is 2.88. The third-order valence-corrected chi connectivity index (χ3v) is 8.71. The summed E-state index contributed by atoms with van der Waals surface area (Å²) in [5, 5.41) is 6.37. The van der Waals surface area contributed by atoms with Crippen molar-refractivity contribution >= 4 is 15.9 Å². The second kappa shape index (κ2) is 9.69. The summed E-state index contributed by atoms with van der Waals surface area (Å²) in [5.41, 5.74) is 2.58. The highest BCUT2D eigenvalue weighted by molar-refractivity contribution is 7.89. The topological polar surface area (TPSA) is 96.5 Å². The van der Waals surface area contributed by atoms with E-state index < -0.39 is 15.4 Å². The number of para-hydroxylation sites is 2. The Morgan fingerprint density at radius 1 is 0.972 bits per heavy atom. The van der Waals surface area contributed by atoms with Crippen LogP contribution in [0.4, 0.5) is 0 Å². The predicted octanol–water partition coefficient (Wildman–Crippen LogP) is 3.48. The number of aryl methyl sites for hydroxylation is 1. The fourth-order valence-electron chi connectivity index (χ4n) is 5.12. The van der Waals surface area contributed by atoms with Gasteiger partial charge in [0.15, 0.2) is 0 Å². The van der Waals surface area contributed by atoms with Crippen LogP contribution in [-0.4, -0.2) is 40.0 Å². The lowest BCUT2D eigenvalue weighted by molar-refractivity contribution is -0.125. The SMILES string of the molecule is Cc1ccc(S(=O)(=O)N[C@@H]2CNC[C@@H](C(=O)NCC3(C)c4ccccc4Oc4ccccc43)C2)cc1. The molecule has 3 aromatic rings. The molecule has 1 amide bonds. The second-order valence-corrected chi connectivity index (χ2v) is 11.6. The molecule has 1 saturated heterocycles. The normalized spacial score (nSPS) is 20.5. The van der Waals surface area contributed by atoms with E-state index in [1.165, 1.54) is 0 Å². The number of rotatable bonds is 6. The van der Waals surface area contributed by atoms with Crippen molar-refractivity contribution in [3.8, 4) is 11.5 Å². The number of sulfonamides is 1. The molecule has 0 aromatic heterocycles. The van der Waals surface area contributed by atoms with E-state index in [1.807, 2.05) is 55.5 Å². The molecule has 0 saturated carbocycles. The fourth-order valence-corrected chi connectivity index (χ4v) is 6.37. The van der Waals surface area contributed by atoms with Crippen molar-refractivity contribution in [2.24, 2.45) is 5.92 Å². The molecule has 0 unspecified atom stereocenters. The summed E-state index contributed by atoms with van der Waals surface area (Å²) in [6, 6.07) is 22.2. The van der Waals surface area contributed by atoms with E-state index in [0.29, 0.717) is 26.1 Å². The first kappa shape index (κ1) is 24.5. The maximum Gasteiger partial charge on any atom is 0.240 e. The van der Waals surface area contributed by atoms with Gasteiger partial charge in [-0.25, -0.2) is 13.1 Å². The Labute approximate surface area is 212 Å². The molecule has 36 heavy (non-hydrogen) atoms. The zero-order chi connectivity index (χ0) is 25.3. The van der Waals surface area contributed by atoms with Gasteiger partial charge in [0.25, 0.3) is 0 Å². The molecule has 2 aliphatic rings. The van der Waals surface area contributed by atoms with Gasteiger partial charge in [0.05, 0.1) is 10.8 Å². The summed E-state index contributed by atoms with van der Waals surface area (Å²) in [7, 11) is -3.67. The number of ether oxygens (including phenoxy) is 1. The third kappa shape index (κ3) is 4.76. The number of hydrogen-bond donors (Lipinski definition) is 3. The van der Waals surface area contributed by atoms with Gasteiger partial charge in [0, 0.05) is 42.2 Å². The molecule has 8 heteroatoms. The molecule has 0 spiro atoms. The number of amides is 1. The van der Waals surface area contributed by atoms with E-state index in [9.17, 15) is 13.2 Å². The maximum atomic E-state index is 13.3. The number of carbonyl (C=O) groups excluding carboxylic acids is 1. The number of fused-ring (bicyclic) bond motifs is 2. The number of benzene rings is 3. The molecular formula is C28H31N3O4S. The molecule has 2 atom stereocenters. The van der Waals surface area contributed by atoms with Gasteiger partial charge in [-0.2, -0.15) is 0 Å². The van der Waals surface area contributed by atoms with Crippen molar-refractivity contribution in [2.45, 2.75) is 36.6 Å². The molecule has 5 rings (SSSR count). The number of piperidine rings is 1. The van der Waals surface area contributed by atoms with Crippen LogP contribution < -0.4 is 20.1 Å². The molecular weight excluding hydrogens is 474 g/mol. The van der Waals surface area contributed by atoms with Crippen LogP contribution in [0, 0.1) is 12.8 Å². The zero-order valence-electron chi connectivity index (χ0n) is 20.5. The summed E-state index contributed by atoms with van der Waals surface area (Å²) in [5.74, 6) is 1.14. The first-order valence-electron chi connectivity index (χ1n) is 12.2. The van der Waals surface area contributed by atoms with E-state index in [0.717, 1.165) is 28.2 Å². The Balaban J connectivity index is 1.28. The Bertz CT molecular complexity index is 1330. The van der Waals surface area contributed by atoms with E-state index in [4.69, 9.17) is 4.74 Å². The van der Waals surface area contributed by atoms with Gasteiger partial charge in [0.2, 0.25) is 15.9 Å². The standard InChI is InChI=1S/C28H31N3O4S/c1-19-11-13-22(14-12-19)36(33,34)31-21-15-20(16-29-17-21)27(32)30-18-28(2)23-7-3-5-9-25(23)35-26-10-6-4-8-24(26)28/h3-14,20-21,29,31H,15-18H2,1-2H3,(H,30,32)/t20-,21-/m0/s1. The first-order valence-corrected chi connectivity index (χ1v) is 13.7. The van der Waals surface area contributed by atoms with Gasteiger partial charge in [0.1, 0.15) is 11.5 Å². The van der Waals surface area contributed by atoms with Gasteiger partial charge < -0.3 is 15.4 Å². The summed E-state index contributed by atoms with van der Waals surface area (Å²) in [6.45, 7) is 5.41. The van der Waals surface area contributed by atoms with Crippen LogP contribution in [0.1, 0.15) is 30.0 Å². The molecule has 188 valence electrons. The molecule has 2 heterocycles. The average molecular weight is 506 g/mol. The van der Waals surface area contributed by atoms with E-state index in [-0.39, 0.29) is 22.8 Å². The lowest BCUT2D eigenvalue weighted by atomic mass is 9.74. The lowest BCUT2D eigenvalue weighted by Gasteiger charge is -2.38. The molecule has 3 aromatic carbocycles. The lowest BCUT2D eigenvalue weighted by Crippen LogP contribution is -2.53. The molecule has 1 fully saturated rings. The summed E-state index contributed by atoms with van der Waals surface area (Å²) in [6.07, 6.45) is 0.428. The summed E-state index contributed by atoms with van der Waals surface area (Å²) >= 11 is 0. The van der Waals surface area contributed by atoms with Gasteiger partial charge in [-0.15, -0.1) is 0 Å². The van der Waals surface area contributed by atoms with Gasteiger partial charge in [-0.05, 0) is 44.5 Å². The second-order valence-electron chi connectivity index (χ2n) is 9.87. The van der Waals surface area contributed by atoms with Gasteiger partial charge >= 0.3 is 0 Å². The largest absolute Gasteiger partial charge is 0.457 e. The third-order valence-electron chi connectivity index (χ3n) is 7.17. The van der Waals surface area contributed by atoms with Crippen molar-refractivity contribution < 1.29 is 17.9 Å². The molecule has 0 bridgehead atoms. The van der Waals surface area contributed by atoms with Gasteiger partial charge in [-0.3, -0.25) is 4.79 Å². The minimum absolute atomic E-state index is 0.0931. The van der Waals surface area contributed by atoms with E-state index >= 15 is 0 Å². The quantitative estimate of drug-likeness (QED) is 0.477. The monoisotopic (exact) mass is 505 g/mol. The zero-order valence-corrected chi connectivity index (χ0v) is 21.3. The highest BCUT2D eigenvalue weighted by atomic mass is 32.2. The number of carbonyl (C=O) groups is 1. The van der Waals surface area contributed by atoms with Crippen LogP contribution in [0.3, 0.4) is 0 Å². The van der Waals surface area contributed by atoms with Crippen LogP contribution >= 0.6 is 0 Å². The van der Waals surface area contributed by atoms with Crippen molar-refractivity contribution in [3.63, 3.8) is 0 Å². The van der Waals surface area contributed by atoms with Crippen molar-refractivity contribution in [1.29, 1.82) is 0 Å². The van der Waals surface area contributed by atoms with E-state index in [1.54, 1.807) is 24.3 Å². The summed E-state index contributed by atoms with van der Waals surface area (Å²) in [4.78, 5) is 13.5. The highest BCUT2D eigenvalue weighted by Crippen LogP contribution is 2.47. The molecule has 3 N–H and O–H groups in total.